The van der Waals surface area contributed by atoms with Gasteiger partial charge in [-0.3, -0.25) is 9.59 Å². The number of aromatic nitrogens is 2. The first kappa shape index (κ1) is 23.4. The van der Waals surface area contributed by atoms with E-state index >= 15 is 0 Å². The summed E-state index contributed by atoms with van der Waals surface area (Å²) in [5.74, 6) is -2.28. The van der Waals surface area contributed by atoms with Crippen LogP contribution in [0.5, 0.6) is 0 Å². The number of hydrogen-bond donors (Lipinski definition) is 1. The molecule has 0 aliphatic carbocycles. The standard InChI is InChI=1S/C24H22ClFN4O4/c1-24(23(33)27-11-15-6-4-3-5-7-15)13-29-14-28-19(22(32)34-2)20(29)21(31)30(24)12-16-8-9-17(26)10-18(16)25/h3-10,14H,11-13H2,1-2H3,(H,27,33)/t24-/m1/s1. The zero-order chi connectivity index (χ0) is 24.5. The van der Waals surface area contributed by atoms with Gasteiger partial charge in [0.15, 0.2) is 5.69 Å². The van der Waals surface area contributed by atoms with Gasteiger partial charge in [-0.15, -0.1) is 0 Å². The van der Waals surface area contributed by atoms with Gasteiger partial charge in [-0.05, 0) is 30.2 Å². The van der Waals surface area contributed by atoms with Crippen molar-refractivity contribution in [3.63, 3.8) is 0 Å². The SMILES string of the molecule is COC(=O)c1ncn2c1C(=O)N(Cc1ccc(F)cc1Cl)[C@@](C)(C(=O)NCc1ccccc1)C2. The first-order valence-corrected chi connectivity index (χ1v) is 10.8. The minimum absolute atomic E-state index is 0.0124. The number of nitrogens with one attached hydrogen (secondary N) is 1. The molecule has 0 fully saturated rings. The molecule has 2 amide bonds. The Morgan fingerprint density at radius 2 is 1.97 bits per heavy atom. The molecule has 1 aromatic heterocycles. The van der Waals surface area contributed by atoms with E-state index in [1.807, 2.05) is 30.3 Å². The van der Waals surface area contributed by atoms with Gasteiger partial charge in [0.05, 0.1) is 20.0 Å². The van der Waals surface area contributed by atoms with Gasteiger partial charge in [0, 0.05) is 18.1 Å². The number of nitrogens with zero attached hydrogens (tertiary/aromatic N) is 3. The number of carbonyl (C=O) groups is 3. The smallest absolute Gasteiger partial charge is 0.359 e. The molecule has 3 aromatic rings. The van der Waals surface area contributed by atoms with Gasteiger partial charge in [-0.1, -0.05) is 48.0 Å². The molecule has 0 bridgehead atoms. The molecular formula is C24H22ClFN4O4. The highest BCUT2D eigenvalue weighted by Gasteiger charge is 2.49. The Hall–Kier alpha value is -3.72. The highest BCUT2D eigenvalue weighted by atomic mass is 35.5. The van der Waals surface area contributed by atoms with Gasteiger partial charge < -0.3 is 19.5 Å². The van der Waals surface area contributed by atoms with E-state index in [2.05, 4.69) is 10.3 Å². The molecule has 2 heterocycles. The molecule has 0 unspecified atom stereocenters. The fraction of sp³-hybridized carbons (Fsp3) is 0.250. The van der Waals surface area contributed by atoms with Crippen LogP contribution in [-0.2, 0) is 29.2 Å². The number of benzene rings is 2. The van der Waals surface area contributed by atoms with Crippen molar-refractivity contribution in [2.24, 2.45) is 0 Å². The monoisotopic (exact) mass is 484 g/mol. The summed E-state index contributed by atoms with van der Waals surface area (Å²) >= 11 is 6.22. The molecule has 2 aromatic carbocycles. The van der Waals surface area contributed by atoms with Crippen molar-refractivity contribution in [3.05, 3.63) is 88.2 Å². The minimum Gasteiger partial charge on any atom is -0.464 e. The number of methoxy groups -OCH3 is 1. The lowest BCUT2D eigenvalue weighted by Gasteiger charge is -2.43. The van der Waals surface area contributed by atoms with Gasteiger partial charge in [0.2, 0.25) is 5.91 Å². The van der Waals surface area contributed by atoms with E-state index in [0.29, 0.717) is 5.56 Å². The summed E-state index contributed by atoms with van der Waals surface area (Å²) in [6, 6.07) is 13.2. The van der Waals surface area contributed by atoms with Crippen LogP contribution in [0.1, 0.15) is 39.0 Å². The molecule has 1 N–H and O–H groups in total. The van der Waals surface area contributed by atoms with E-state index in [4.69, 9.17) is 16.3 Å². The van der Waals surface area contributed by atoms with Crippen LogP contribution < -0.4 is 5.32 Å². The molecule has 8 nitrogen and oxygen atoms in total. The van der Waals surface area contributed by atoms with Gasteiger partial charge in [-0.2, -0.15) is 0 Å². The van der Waals surface area contributed by atoms with Crippen LogP contribution in [0.4, 0.5) is 4.39 Å². The number of esters is 1. The maximum absolute atomic E-state index is 13.7. The third-order valence-corrected chi connectivity index (χ3v) is 6.22. The number of imidazole rings is 1. The number of carbonyl (C=O) groups excluding carboxylic acids is 3. The van der Waals surface area contributed by atoms with Crippen molar-refractivity contribution >= 4 is 29.4 Å². The van der Waals surface area contributed by atoms with Crippen LogP contribution >= 0.6 is 11.6 Å². The highest BCUT2D eigenvalue weighted by Crippen LogP contribution is 2.32. The quantitative estimate of drug-likeness (QED) is 0.542. The average Bonchev–Trinajstić information content (AvgIpc) is 3.25. The molecule has 4 rings (SSSR count). The number of rotatable bonds is 6. The van der Waals surface area contributed by atoms with Crippen LogP contribution in [0.2, 0.25) is 5.02 Å². The summed E-state index contributed by atoms with van der Waals surface area (Å²) in [4.78, 5) is 44.7. The van der Waals surface area contributed by atoms with E-state index in [1.165, 1.54) is 35.0 Å². The number of hydrogen-bond acceptors (Lipinski definition) is 5. The van der Waals surface area contributed by atoms with E-state index in [9.17, 15) is 18.8 Å². The summed E-state index contributed by atoms with van der Waals surface area (Å²) < 4.78 is 19.8. The summed E-state index contributed by atoms with van der Waals surface area (Å²) in [6.45, 7) is 1.85. The third kappa shape index (κ3) is 4.26. The molecule has 1 aliphatic rings. The van der Waals surface area contributed by atoms with Crippen molar-refractivity contribution in [3.8, 4) is 0 Å². The Bertz CT molecular complexity index is 1260. The molecule has 0 saturated carbocycles. The van der Waals surface area contributed by atoms with Crippen molar-refractivity contribution < 1.29 is 23.5 Å². The van der Waals surface area contributed by atoms with E-state index in [-0.39, 0.29) is 36.0 Å². The van der Waals surface area contributed by atoms with Crippen molar-refractivity contribution in [2.75, 3.05) is 7.11 Å². The number of amides is 2. The summed E-state index contributed by atoms with van der Waals surface area (Å²) in [7, 11) is 1.19. The first-order valence-electron chi connectivity index (χ1n) is 10.5. The molecule has 176 valence electrons. The third-order valence-electron chi connectivity index (χ3n) is 5.87. The second-order valence-corrected chi connectivity index (χ2v) is 8.54. The maximum Gasteiger partial charge on any atom is 0.359 e. The predicted molar refractivity (Wildman–Crippen MR) is 122 cm³/mol. The Morgan fingerprint density at radius 1 is 1.24 bits per heavy atom. The van der Waals surface area contributed by atoms with Crippen molar-refractivity contribution in [2.45, 2.75) is 32.1 Å². The molecule has 34 heavy (non-hydrogen) atoms. The van der Waals surface area contributed by atoms with Gasteiger partial charge in [0.25, 0.3) is 5.91 Å². The highest BCUT2D eigenvalue weighted by molar-refractivity contribution is 6.31. The normalized spacial score (nSPS) is 17.3. The topological polar surface area (TPSA) is 93.5 Å². The largest absolute Gasteiger partial charge is 0.464 e. The van der Waals surface area contributed by atoms with E-state index < -0.39 is 29.1 Å². The van der Waals surface area contributed by atoms with Crippen molar-refractivity contribution in [1.29, 1.82) is 0 Å². The zero-order valence-corrected chi connectivity index (χ0v) is 19.3. The Kier molecular flexibility index (Phi) is 6.39. The van der Waals surface area contributed by atoms with Gasteiger partial charge in [0.1, 0.15) is 17.1 Å². The molecule has 0 spiro atoms. The second kappa shape index (κ2) is 9.26. The van der Waals surface area contributed by atoms with Crippen molar-refractivity contribution in [1.82, 2.24) is 19.8 Å². The van der Waals surface area contributed by atoms with Crippen LogP contribution in [0, 0.1) is 5.82 Å². The average molecular weight is 485 g/mol. The maximum atomic E-state index is 13.7. The lowest BCUT2D eigenvalue weighted by molar-refractivity contribution is -0.133. The summed E-state index contributed by atoms with van der Waals surface area (Å²) in [5.41, 5.74) is -0.144. The first-order chi connectivity index (χ1) is 16.2. The van der Waals surface area contributed by atoms with Crippen LogP contribution in [-0.4, -0.2) is 44.9 Å². The second-order valence-electron chi connectivity index (χ2n) is 8.13. The Balaban J connectivity index is 1.72. The molecular weight excluding hydrogens is 463 g/mol. The van der Waals surface area contributed by atoms with E-state index in [0.717, 1.165) is 11.6 Å². The van der Waals surface area contributed by atoms with Crippen LogP contribution in [0.25, 0.3) is 0 Å². The summed E-state index contributed by atoms with van der Waals surface area (Å²) in [6.07, 6.45) is 1.34. The lowest BCUT2D eigenvalue weighted by atomic mass is 9.93. The lowest BCUT2D eigenvalue weighted by Crippen LogP contribution is -2.63. The molecule has 10 heteroatoms. The molecule has 1 aliphatic heterocycles. The number of fused-ring (bicyclic) bond motifs is 1. The Morgan fingerprint density at radius 3 is 2.65 bits per heavy atom. The van der Waals surface area contributed by atoms with Crippen LogP contribution in [0.15, 0.2) is 54.9 Å². The number of ether oxygens (including phenoxy) is 1. The molecule has 1 atom stereocenters. The predicted octanol–water partition coefficient (Wildman–Crippen LogP) is 3.19. The summed E-state index contributed by atoms with van der Waals surface area (Å²) in [5, 5.41) is 3.01. The fourth-order valence-electron chi connectivity index (χ4n) is 3.97. The fourth-order valence-corrected chi connectivity index (χ4v) is 4.20. The van der Waals surface area contributed by atoms with Gasteiger partial charge in [-0.25, -0.2) is 14.2 Å². The Labute approximate surface area is 200 Å². The van der Waals surface area contributed by atoms with Gasteiger partial charge >= 0.3 is 5.97 Å². The molecule has 0 radical (unpaired) electrons. The molecule has 0 saturated heterocycles. The zero-order valence-electron chi connectivity index (χ0n) is 18.5. The minimum atomic E-state index is -1.36. The number of halogens is 2. The van der Waals surface area contributed by atoms with Crippen LogP contribution in [0.3, 0.4) is 0 Å². The van der Waals surface area contributed by atoms with E-state index in [1.54, 1.807) is 6.92 Å².